The summed E-state index contributed by atoms with van der Waals surface area (Å²) in [6.45, 7) is 1.68. The molecule has 3 aromatic carbocycles. The first-order chi connectivity index (χ1) is 18.2. The number of hydrogen-bond acceptors (Lipinski definition) is 9. The number of carbonyl (C=O) groups is 1. The summed E-state index contributed by atoms with van der Waals surface area (Å²) >= 11 is 0. The Kier molecular flexibility index (Phi) is 9.39. The molecule has 0 saturated heterocycles. The van der Waals surface area contributed by atoms with Crippen LogP contribution in [0.3, 0.4) is 0 Å². The molecule has 0 aliphatic carbocycles. The highest BCUT2D eigenvalue weighted by Gasteiger charge is 2.28. The number of para-hydroxylation sites is 1. The molecule has 2 N–H and O–H groups in total. The number of amides is 1. The highest BCUT2D eigenvalue weighted by atomic mass is 32.2. The van der Waals surface area contributed by atoms with Crippen molar-refractivity contribution in [1.29, 1.82) is 0 Å². The second-order valence-corrected chi connectivity index (χ2v) is 9.51. The molecule has 0 spiro atoms. The summed E-state index contributed by atoms with van der Waals surface area (Å²) in [7, 11) is 0.00350. The van der Waals surface area contributed by atoms with E-state index in [1.54, 1.807) is 30.3 Å². The van der Waals surface area contributed by atoms with E-state index < -0.39 is 22.5 Å². The number of phenolic OH excluding ortho intramolecular Hbond substituents is 1. The smallest absolute Gasteiger partial charge is 0.264 e. The van der Waals surface area contributed by atoms with E-state index in [0.29, 0.717) is 23.7 Å². The Morgan fingerprint density at radius 1 is 0.974 bits per heavy atom. The van der Waals surface area contributed by atoms with Gasteiger partial charge in [0.05, 0.1) is 44.7 Å². The number of phenols is 1. The molecule has 0 aromatic heterocycles. The van der Waals surface area contributed by atoms with Crippen molar-refractivity contribution in [3.05, 3.63) is 66.2 Å². The summed E-state index contributed by atoms with van der Waals surface area (Å²) in [6, 6.07) is 15.2. The average Bonchev–Trinajstić information content (AvgIpc) is 2.92. The maximum atomic E-state index is 13.7. The van der Waals surface area contributed by atoms with Crippen LogP contribution in [-0.2, 0) is 14.8 Å². The van der Waals surface area contributed by atoms with Crippen LogP contribution in [-0.4, -0.2) is 60.1 Å². The van der Waals surface area contributed by atoms with E-state index in [-0.39, 0.29) is 27.8 Å². The zero-order valence-corrected chi connectivity index (χ0v) is 22.2. The summed E-state index contributed by atoms with van der Waals surface area (Å²) in [4.78, 5) is 12.7. The minimum atomic E-state index is -4.24. The summed E-state index contributed by atoms with van der Waals surface area (Å²) < 4.78 is 49.3. The third-order valence-corrected chi connectivity index (χ3v) is 7.08. The molecule has 0 aliphatic heterocycles. The lowest BCUT2D eigenvalue weighted by molar-refractivity contribution is -0.119. The highest BCUT2D eigenvalue weighted by Crippen LogP contribution is 2.33. The lowest BCUT2D eigenvalue weighted by atomic mass is 10.2. The van der Waals surface area contributed by atoms with Crippen molar-refractivity contribution in [3.63, 3.8) is 0 Å². The molecular weight excluding hydrogens is 514 g/mol. The fourth-order valence-corrected chi connectivity index (χ4v) is 4.88. The first-order valence-corrected chi connectivity index (χ1v) is 12.8. The maximum absolute atomic E-state index is 13.7. The van der Waals surface area contributed by atoms with Crippen molar-refractivity contribution in [3.8, 4) is 28.7 Å². The van der Waals surface area contributed by atoms with E-state index in [9.17, 15) is 18.3 Å². The Balaban J connectivity index is 1.91. The van der Waals surface area contributed by atoms with Gasteiger partial charge in [0.2, 0.25) is 0 Å². The Bertz CT molecular complexity index is 1390. The molecular formula is C26H29N3O8S. The number of rotatable bonds is 12. The van der Waals surface area contributed by atoms with E-state index in [1.807, 2.05) is 6.92 Å². The van der Waals surface area contributed by atoms with Crippen LogP contribution < -0.4 is 28.7 Å². The van der Waals surface area contributed by atoms with Crippen LogP contribution in [0, 0.1) is 0 Å². The van der Waals surface area contributed by atoms with Crippen molar-refractivity contribution >= 4 is 27.8 Å². The van der Waals surface area contributed by atoms with Gasteiger partial charge in [-0.25, -0.2) is 13.8 Å². The lowest BCUT2D eigenvalue weighted by Crippen LogP contribution is -2.39. The van der Waals surface area contributed by atoms with Gasteiger partial charge in [-0.15, -0.1) is 0 Å². The minimum absolute atomic E-state index is 0.110. The van der Waals surface area contributed by atoms with E-state index >= 15 is 0 Å². The van der Waals surface area contributed by atoms with Crippen LogP contribution in [0.15, 0.2) is 70.7 Å². The zero-order chi connectivity index (χ0) is 27.7. The lowest BCUT2D eigenvalue weighted by Gasteiger charge is -2.24. The summed E-state index contributed by atoms with van der Waals surface area (Å²) in [6.07, 6.45) is 1.22. The van der Waals surface area contributed by atoms with Crippen LogP contribution >= 0.6 is 0 Å². The molecule has 202 valence electrons. The quantitative estimate of drug-likeness (QED) is 0.263. The van der Waals surface area contributed by atoms with Gasteiger partial charge in [0.1, 0.15) is 12.3 Å². The van der Waals surface area contributed by atoms with E-state index in [0.717, 1.165) is 4.31 Å². The Labute approximate surface area is 221 Å². The van der Waals surface area contributed by atoms with Gasteiger partial charge in [-0.05, 0) is 55.5 Å². The first-order valence-electron chi connectivity index (χ1n) is 11.4. The molecule has 0 fully saturated rings. The standard InChI is InChI=1S/C26H29N3O8S/c1-5-37-20-11-9-19(10-12-20)29(38(32,33)21-13-14-22(34-2)24(15-21)36-4)17-25(30)28-27-16-18-7-6-8-23(35-3)26(18)31/h6-16,31H,5,17H2,1-4H3,(H,28,30)/b27-16-. The van der Waals surface area contributed by atoms with Crippen LogP contribution in [0.2, 0.25) is 0 Å². The van der Waals surface area contributed by atoms with E-state index in [1.165, 1.54) is 57.9 Å². The van der Waals surface area contributed by atoms with Crippen molar-refractivity contribution in [1.82, 2.24) is 5.43 Å². The number of carbonyl (C=O) groups excluding carboxylic acids is 1. The number of anilines is 1. The largest absolute Gasteiger partial charge is 0.504 e. The van der Waals surface area contributed by atoms with Crippen LogP contribution in [0.1, 0.15) is 12.5 Å². The molecule has 0 radical (unpaired) electrons. The number of methoxy groups -OCH3 is 3. The fourth-order valence-electron chi connectivity index (χ4n) is 3.44. The van der Waals surface area contributed by atoms with Gasteiger partial charge in [-0.2, -0.15) is 5.10 Å². The van der Waals surface area contributed by atoms with Gasteiger partial charge in [-0.1, -0.05) is 6.07 Å². The van der Waals surface area contributed by atoms with E-state index in [2.05, 4.69) is 10.5 Å². The van der Waals surface area contributed by atoms with Gasteiger partial charge < -0.3 is 24.1 Å². The van der Waals surface area contributed by atoms with Crippen molar-refractivity contribution in [2.75, 3.05) is 38.8 Å². The molecule has 0 unspecified atom stereocenters. The number of nitrogens with zero attached hydrogens (tertiary/aromatic N) is 2. The Morgan fingerprint density at radius 2 is 1.66 bits per heavy atom. The topological polar surface area (TPSA) is 136 Å². The summed E-state index contributed by atoms with van der Waals surface area (Å²) in [5, 5.41) is 14.0. The van der Waals surface area contributed by atoms with Gasteiger partial charge in [0.25, 0.3) is 15.9 Å². The molecule has 0 atom stereocenters. The molecule has 38 heavy (non-hydrogen) atoms. The third kappa shape index (κ3) is 6.45. The predicted molar refractivity (Wildman–Crippen MR) is 142 cm³/mol. The number of hydrogen-bond donors (Lipinski definition) is 2. The van der Waals surface area contributed by atoms with Gasteiger partial charge in [-0.3, -0.25) is 9.10 Å². The van der Waals surface area contributed by atoms with Crippen LogP contribution in [0.25, 0.3) is 0 Å². The fraction of sp³-hybridized carbons (Fsp3) is 0.231. The van der Waals surface area contributed by atoms with Crippen molar-refractivity contribution in [2.45, 2.75) is 11.8 Å². The Morgan fingerprint density at radius 3 is 2.29 bits per heavy atom. The molecule has 3 rings (SSSR count). The molecule has 12 heteroatoms. The average molecular weight is 544 g/mol. The van der Waals surface area contributed by atoms with Gasteiger partial charge >= 0.3 is 0 Å². The number of nitrogens with one attached hydrogen (secondary N) is 1. The second kappa shape index (κ2) is 12.7. The zero-order valence-electron chi connectivity index (χ0n) is 21.4. The minimum Gasteiger partial charge on any atom is -0.504 e. The number of hydrazone groups is 1. The monoisotopic (exact) mass is 543 g/mol. The number of benzene rings is 3. The van der Waals surface area contributed by atoms with Crippen molar-refractivity contribution < 1.29 is 37.3 Å². The number of sulfonamides is 1. The second-order valence-electron chi connectivity index (χ2n) is 7.65. The van der Waals surface area contributed by atoms with Crippen LogP contribution in [0.5, 0.6) is 28.7 Å². The van der Waals surface area contributed by atoms with Crippen molar-refractivity contribution in [2.24, 2.45) is 5.10 Å². The molecule has 1 amide bonds. The maximum Gasteiger partial charge on any atom is 0.264 e. The van der Waals surface area contributed by atoms with Gasteiger partial charge in [0, 0.05) is 11.6 Å². The number of ether oxygens (including phenoxy) is 4. The molecule has 0 heterocycles. The molecule has 11 nitrogen and oxygen atoms in total. The SMILES string of the molecule is CCOc1ccc(N(CC(=O)N/N=C\c2cccc(OC)c2O)S(=O)(=O)c2ccc(OC)c(OC)c2)cc1. The molecule has 0 aliphatic rings. The normalized spacial score (nSPS) is 11.2. The van der Waals surface area contributed by atoms with Crippen LogP contribution in [0.4, 0.5) is 5.69 Å². The molecule has 0 saturated carbocycles. The van der Waals surface area contributed by atoms with E-state index in [4.69, 9.17) is 18.9 Å². The third-order valence-electron chi connectivity index (χ3n) is 5.31. The van der Waals surface area contributed by atoms with Gasteiger partial charge in [0.15, 0.2) is 23.0 Å². The number of aromatic hydroxyl groups is 1. The molecule has 0 bridgehead atoms. The predicted octanol–water partition coefficient (Wildman–Crippen LogP) is 3.16. The Hall–Kier alpha value is -4.45. The first kappa shape index (κ1) is 28.1. The highest BCUT2D eigenvalue weighted by molar-refractivity contribution is 7.92. The molecule has 3 aromatic rings. The summed E-state index contributed by atoms with van der Waals surface area (Å²) in [5.41, 5.74) is 2.82. The summed E-state index contributed by atoms with van der Waals surface area (Å²) in [5.74, 6) is 0.482.